The first-order valence-corrected chi connectivity index (χ1v) is 9.35. The third-order valence-electron chi connectivity index (χ3n) is 3.18. The molecule has 0 aromatic heterocycles. The highest BCUT2D eigenvalue weighted by Crippen LogP contribution is 2.19. The van der Waals surface area contributed by atoms with Crippen LogP contribution in [0.2, 0.25) is 0 Å². The van der Waals surface area contributed by atoms with E-state index in [1.165, 1.54) is 0 Å². The zero-order valence-corrected chi connectivity index (χ0v) is 14.4. The lowest BCUT2D eigenvalue weighted by molar-refractivity contribution is 0.0951. The Balaban J connectivity index is 2.14. The van der Waals surface area contributed by atoms with Crippen LogP contribution < -0.4 is 14.8 Å². The number of anilines is 1. The largest absolute Gasteiger partial charge is 0.494 e. The van der Waals surface area contributed by atoms with Gasteiger partial charge < -0.3 is 10.1 Å². The normalized spacial score (nSPS) is 10.9. The average Bonchev–Trinajstić information content (AvgIpc) is 2.53. The van der Waals surface area contributed by atoms with Crippen molar-refractivity contribution >= 4 is 21.6 Å². The Morgan fingerprint density at radius 2 is 1.75 bits per heavy atom. The van der Waals surface area contributed by atoms with Crippen LogP contribution >= 0.6 is 0 Å². The maximum atomic E-state index is 12.4. The monoisotopic (exact) mass is 348 g/mol. The summed E-state index contributed by atoms with van der Waals surface area (Å²) in [6.45, 7) is 2.71. The van der Waals surface area contributed by atoms with Crippen molar-refractivity contribution in [2.45, 2.75) is 13.5 Å². The van der Waals surface area contributed by atoms with Crippen molar-refractivity contribution < 1.29 is 17.9 Å². The predicted octanol–water partition coefficient (Wildman–Crippen LogP) is 2.39. The van der Waals surface area contributed by atoms with Crippen molar-refractivity contribution in [3.05, 3.63) is 59.7 Å². The van der Waals surface area contributed by atoms with Gasteiger partial charge in [-0.05, 0) is 25.1 Å². The number of hydrogen-bond acceptors (Lipinski definition) is 4. The fraction of sp³-hybridized carbons (Fsp3) is 0.235. The van der Waals surface area contributed by atoms with Gasteiger partial charge in [0.1, 0.15) is 5.75 Å². The quantitative estimate of drug-likeness (QED) is 0.805. The van der Waals surface area contributed by atoms with E-state index in [9.17, 15) is 13.2 Å². The molecule has 0 radical (unpaired) electrons. The SMILES string of the molecule is CCOc1ccccc1CNC(=O)c1ccccc1NS(C)(=O)=O. The molecule has 0 bridgehead atoms. The van der Waals surface area contributed by atoms with E-state index in [1.54, 1.807) is 24.3 Å². The minimum absolute atomic E-state index is 0.246. The van der Waals surface area contributed by atoms with Crippen LogP contribution in [0.4, 0.5) is 5.69 Å². The first kappa shape index (κ1) is 17.8. The maximum absolute atomic E-state index is 12.4. The molecule has 0 aliphatic heterocycles. The summed E-state index contributed by atoms with van der Waals surface area (Å²) in [5.74, 6) is 0.343. The Kier molecular flexibility index (Phi) is 5.81. The van der Waals surface area contributed by atoms with Gasteiger partial charge >= 0.3 is 0 Å². The topological polar surface area (TPSA) is 84.5 Å². The van der Waals surface area contributed by atoms with Gasteiger partial charge in [-0.15, -0.1) is 0 Å². The molecule has 7 heteroatoms. The highest BCUT2D eigenvalue weighted by molar-refractivity contribution is 7.92. The molecule has 0 heterocycles. The van der Waals surface area contributed by atoms with Gasteiger partial charge in [-0.25, -0.2) is 8.42 Å². The Morgan fingerprint density at radius 1 is 1.08 bits per heavy atom. The molecular formula is C17H20N2O4S. The lowest BCUT2D eigenvalue weighted by Gasteiger charge is -2.13. The van der Waals surface area contributed by atoms with Crippen molar-refractivity contribution in [3.8, 4) is 5.75 Å². The minimum Gasteiger partial charge on any atom is -0.494 e. The Labute approximate surface area is 141 Å². The van der Waals surface area contributed by atoms with E-state index in [0.717, 1.165) is 11.8 Å². The Hall–Kier alpha value is -2.54. The first-order valence-electron chi connectivity index (χ1n) is 7.46. The number of hydrogen-bond donors (Lipinski definition) is 2. The highest BCUT2D eigenvalue weighted by Gasteiger charge is 2.14. The molecule has 1 amide bonds. The molecule has 0 saturated carbocycles. The second kappa shape index (κ2) is 7.83. The minimum atomic E-state index is -3.46. The molecular weight excluding hydrogens is 328 g/mol. The second-order valence-electron chi connectivity index (χ2n) is 5.14. The number of para-hydroxylation sites is 2. The molecule has 0 unspecified atom stereocenters. The Bertz CT molecular complexity index is 819. The summed E-state index contributed by atoms with van der Waals surface area (Å²) in [5, 5.41) is 2.79. The number of amides is 1. The fourth-order valence-corrected chi connectivity index (χ4v) is 2.76. The van der Waals surface area contributed by atoms with Crippen LogP contribution in [-0.2, 0) is 16.6 Å². The molecule has 2 N–H and O–H groups in total. The van der Waals surface area contributed by atoms with E-state index in [0.29, 0.717) is 12.4 Å². The van der Waals surface area contributed by atoms with E-state index >= 15 is 0 Å². The predicted molar refractivity (Wildman–Crippen MR) is 93.7 cm³/mol. The van der Waals surface area contributed by atoms with Crippen LogP contribution in [0.25, 0.3) is 0 Å². The highest BCUT2D eigenvalue weighted by atomic mass is 32.2. The van der Waals surface area contributed by atoms with Gasteiger partial charge in [-0.3, -0.25) is 9.52 Å². The molecule has 0 atom stereocenters. The van der Waals surface area contributed by atoms with Gasteiger partial charge in [0.15, 0.2) is 0 Å². The van der Waals surface area contributed by atoms with E-state index in [4.69, 9.17) is 4.74 Å². The van der Waals surface area contributed by atoms with Crippen molar-refractivity contribution in [1.82, 2.24) is 5.32 Å². The van der Waals surface area contributed by atoms with Gasteiger partial charge in [0.05, 0.1) is 24.1 Å². The number of sulfonamides is 1. The summed E-state index contributed by atoms with van der Waals surface area (Å²) in [7, 11) is -3.46. The summed E-state index contributed by atoms with van der Waals surface area (Å²) >= 11 is 0. The molecule has 128 valence electrons. The van der Waals surface area contributed by atoms with E-state index in [1.807, 2.05) is 31.2 Å². The van der Waals surface area contributed by atoms with Gasteiger partial charge in [0.25, 0.3) is 5.91 Å². The van der Waals surface area contributed by atoms with Crippen molar-refractivity contribution in [1.29, 1.82) is 0 Å². The summed E-state index contributed by atoms with van der Waals surface area (Å²) < 4.78 is 30.7. The number of benzene rings is 2. The molecule has 2 aromatic rings. The molecule has 0 fully saturated rings. The molecule has 6 nitrogen and oxygen atoms in total. The van der Waals surface area contributed by atoms with Crippen LogP contribution in [0.5, 0.6) is 5.75 Å². The third kappa shape index (κ3) is 4.99. The summed E-state index contributed by atoms with van der Waals surface area (Å²) in [5.41, 5.74) is 1.36. The lowest BCUT2D eigenvalue weighted by atomic mass is 10.1. The van der Waals surface area contributed by atoms with Gasteiger partial charge in [-0.2, -0.15) is 0 Å². The molecule has 2 rings (SSSR count). The van der Waals surface area contributed by atoms with Crippen LogP contribution in [0.3, 0.4) is 0 Å². The van der Waals surface area contributed by atoms with E-state index in [2.05, 4.69) is 10.0 Å². The first-order chi connectivity index (χ1) is 11.4. The van der Waals surface area contributed by atoms with Crippen LogP contribution in [0.1, 0.15) is 22.8 Å². The smallest absolute Gasteiger partial charge is 0.253 e. The number of ether oxygens (including phenoxy) is 1. The lowest BCUT2D eigenvalue weighted by Crippen LogP contribution is -2.25. The Morgan fingerprint density at radius 3 is 2.46 bits per heavy atom. The van der Waals surface area contributed by atoms with Crippen LogP contribution in [0, 0.1) is 0 Å². The molecule has 0 saturated heterocycles. The number of nitrogens with one attached hydrogen (secondary N) is 2. The van der Waals surface area contributed by atoms with Crippen LogP contribution in [0.15, 0.2) is 48.5 Å². The van der Waals surface area contributed by atoms with Gasteiger partial charge in [-0.1, -0.05) is 30.3 Å². The summed E-state index contributed by atoms with van der Waals surface area (Å²) in [6.07, 6.45) is 1.04. The van der Waals surface area contributed by atoms with Gasteiger partial charge in [0.2, 0.25) is 10.0 Å². The molecule has 0 aliphatic carbocycles. The average molecular weight is 348 g/mol. The second-order valence-corrected chi connectivity index (χ2v) is 6.89. The fourth-order valence-electron chi connectivity index (χ4n) is 2.19. The van der Waals surface area contributed by atoms with E-state index in [-0.39, 0.29) is 23.7 Å². The molecule has 0 aliphatic rings. The molecule has 2 aromatic carbocycles. The summed E-state index contributed by atoms with van der Waals surface area (Å²) in [6, 6.07) is 13.9. The zero-order chi connectivity index (χ0) is 17.6. The number of carbonyl (C=O) groups excluding carboxylic acids is 1. The summed E-state index contributed by atoms with van der Waals surface area (Å²) in [4.78, 5) is 12.4. The number of carbonyl (C=O) groups is 1. The molecule has 0 spiro atoms. The number of rotatable bonds is 7. The van der Waals surface area contributed by atoms with E-state index < -0.39 is 10.0 Å². The molecule has 24 heavy (non-hydrogen) atoms. The zero-order valence-electron chi connectivity index (χ0n) is 13.6. The van der Waals surface area contributed by atoms with Crippen molar-refractivity contribution in [2.24, 2.45) is 0 Å². The van der Waals surface area contributed by atoms with Crippen LogP contribution in [-0.4, -0.2) is 27.2 Å². The van der Waals surface area contributed by atoms with Crippen molar-refractivity contribution in [2.75, 3.05) is 17.6 Å². The van der Waals surface area contributed by atoms with Crippen molar-refractivity contribution in [3.63, 3.8) is 0 Å². The third-order valence-corrected chi connectivity index (χ3v) is 3.77. The maximum Gasteiger partial charge on any atom is 0.253 e. The standard InChI is InChI=1S/C17H20N2O4S/c1-3-23-16-11-7-4-8-13(16)12-18-17(20)14-9-5-6-10-15(14)19-24(2,21)22/h4-11,19H,3,12H2,1-2H3,(H,18,20). The van der Waals surface area contributed by atoms with Gasteiger partial charge in [0, 0.05) is 12.1 Å².